The minimum absolute atomic E-state index is 0.00315. The van der Waals surface area contributed by atoms with E-state index in [9.17, 15) is 10.1 Å². The van der Waals surface area contributed by atoms with E-state index in [-0.39, 0.29) is 11.7 Å². The van der Waals surface area contributed by atoms with Gasteiger partial charge >= 0.3 is 0 Å². The van der Waals surface area contributed by atoms with Gasteiger partial charge in [-0.3, -0.25) is 10.1 Å². The summed E-state index contributed by atoms with van der Waals surface area (Å²) < 4.78 is 0. The van der Waals surface area contributed by atoms with Crippen LogP contribution in [0.5, 0.6) is 0 Å². The molecule has 0 radical (unpaired) electrons. The van der Waals surface area contributed by atoms with Gasteiger partial charge in [0.2, 0.25) is 0 Å². The predicted molar refractivity (Wildman–Crippen MR) is 67.3 cm³/mol. The third-order valence-corrected chi connectivity index (χ3v) is 3.28. The van der Waals surface area contributed by atoms with Gasteiger partial charge in [-0.2, -0.15) is 0 Å². The van der Waals surface area contributed by atoms with Gasteiger partial charge in [-0.25, -0.2) is 0 Å². The topological polar surface area (TPSA) is 81.2 Å². The van der Waals surface area contributed by atoms with Gasteiger partial charge in [0.25, 0.3) is 5.69 Å². The molecule has 92 valence electrons. The van der Waals surface area contributed by atoms with Crippen molar-refractivity contribution in [2.45, 2.75) is 18.9 Å². The highest BCUT2D eigenvalue weighted by molar-refractivity contribution is 6.33. The normalized spacial score (nSPS) is 16.6. The van der Waals surface area contributed by atoms with Crippen molar-refractivity contribution in [3.05, 3.63) is 33.3 Å². The molecule has 0 aliphatic heterocycles. The van der Waals surface area contributed by atoms with E-state index in [0.29, 0.717) is 23.2 Å². The van der Waals surface area contributed by atoms with Crippen LogP contribution in [0.3, 0.4) is 0 Å². The number of benzene rings is 1. The summed E-state index contributed by atoms with van der Waals surface area (Å²) in [4.78, 5) is 10.5. The fourth-order valence-electron chi connectivity index (χ4n) is 1.86. The summed E-state index contributed by atoms with van der Waals surface area (Å²) in [6.07, 6.45) is 2.24. The minimum atomic E-state index is -0.436. The van der Waals surface area contributed by atoms with Crippen LogP contribution in [0, 0.1) is 16.0 Å². The number of para-hydroxylation sites is 1. The lowest BCUT2D eigenvalue weighted by molar-refractivity contribution is -0.384. The SMILES string of the molecule is NCC(Nc1c(Cl)cccc1[N+](=O)[O-])C1CC1. The second-order valence-electron chi connectivity index (χ2n) is 4.22. The molecule has 1 aromatic rings. The maximum atomic E-state index is 10.9. The van der Waals surface area contributed by atoms with E-state index in [0.717, 1.165) is 12.8 Å². The standard InChI is InChI=1S/C11H14ClN3O2/c12-8-2-1-3-10(15(16)17)11(8)14-9(6-13)7-4-5-7/h1-3,7,9,14H,4-6,13H2. The summed E-state index contributed by atoms with van der Waals surface area (Å²) >= 11 is 5.99. The number of hydrogen-bond acceptors (Lipinski definition) is 4. The molecule has 5 nitrogen and oxygen atoms in total. The van der Waals surface area contributed by atoms with E-state index in [1.807, 2.05) is 0 Å². The molecule has 0 amide bonds. The first kappa shape index (κ1) is 12.1. The molecule has 0 spiro atoms. The number of nitro benzene ring substituents is 1. The number of hydrogen-bond donors (Lipinski definition) is 2. The molecular weight excluding hydrogens is 242 g/mol. The van der Waals surface area contributed by atoms with Crippen LogP contribution in [0.25, 0.3) is 0 Å². The van der Waals surface area contributed by atoms with Crippen LogP contribution in [0.4, 0.5) is 11.4 Å². The Morgan fingerprint density at radius 1 is 1.59 bits per heavy atom. The first-order chi connectivity index (χ1) is 8.13. The molecule has 0 heterocycles. The third-order valence-electron chi connectivity index (χ3n) is 2.96. The fraction of sp³-hybridized carbons (Fsp3) is 0.455. The van der Waals surface area contributed by atoms with Crippen molar-refractivity contribution in [1.29, 1.82) is 0 Å². The smallest absolute Gasteiger partial charge is 0.293 e. The van der Waals surface area contributed by atoms with Gasteiger partial charge in [0.1, 0.15) is 5.69 Å². The van der Waals surface area contributed by atoms with Gasteiger partial charge in [-0.1, -0.05) is 17.7 Å². The molecule has 0 aromatic heterocycles. The van der Waals surface area contributed by atoms with E-state index < -0.39 is 4.92 Å². The molecule has 1 unspecified atom stereocenters. The zero-order chi connectivity index (χ0) is 12.4. The molecule has 1 aliphatic rings. The monoisotopic (exact) mass is 255 g/mol. The molecule has 3 N–H and O–H groups in total. The Bertz CT molecular complexity index is 435. The summed E-state index contributed by atoms with van der Waals surface area (Å²) in [5.41, 5.74) is 6.04. The Balaban J connectivity index is 2.26. The molecule has 2 rings (SSSR count). The Hall–Kier alpha value is -1.33. The lowest BCUT2D eigenvalue weighted by Gasteiger charge is -2.18. The second-order valence-corrected chi connectivity index (χ2v) is 4.62. The molecule has 0 saturated heterocycles. The number of nitrogens with zero attached hydrogens (tertiary/aromatic N) is 1. The highest BCUT2D eigenvalue weighted by atomic mass is 35.5. The van der Waals surface area contributed by atoms with Gasteiger partial charge in [0.05, 0.1) is 9.95 Å². The highest BCUT2D eigenvalue weighted by Crippen LogP contribution is 2.38. The largest absolute Gasteiger partial charge is 0.374 e. The van der Waals surface area contributed by atoms with E-state index in [1.54, 1.807) is 12.1 Å². The summed E-state index contributed by atoms with van der Waals surface area (Å²) in [5.74, 6) is 0.510. The van der Waals surface area contributed by atoms with E-state index in [4.69, 9.17) is 17.3 Å². The van der Waals surface area contributed by atoms with Crippen LogP contribution < -0.4 is 11.1 Å². The molecule has 1 atom stereocenters. The predicted octanol–water partition coefficient (Wildman–Crippen LogP) is 2.40. The Kier molecular flexibility index (Phi) is 3.49. The molecule has 17 heavy (non-hydrogen) atoms. The lowest BCUT2D eigenvalue weighted by Crippen LogP contribution is -2.31. The average molecular weight is 256 g/mol. The Morgan fingerprint density at radius 2 is 2.29 bits per heavy atom. The summed E-state index contributed by atoms with van der Waals surface area (Å²) in [6, 6.07) is 4.71. The third kappa shape index (κ3) is 2.68. The number of nitrogens with one attached hydrogen (secondary N) is 1. The molecule has 1 aromatic carbocycles. The van der Waals surface area contributed by atoms with Crippen LogP contribution >= 0.6 is 11.6 Å². The molecule has 1 saturated carbocycles. The van der Waals surface area contributed by atoms with Gasteiger partial charge in [-0.15, -0.1) is 0 Å². The van der Waals surface area contributed by atoms with Crippen molar-refractivity contribution in [2.75, 3.05) is 11.9 Å². The van der Waals surface area contributed by atoms with Crippen molar-refractivity contribution >= 4 is 23.0 Å². The molecule has 1 aliphatic carbocycles. The quantitative estimate of drug-likeness (QED) is 0.625. The maximum absolute atomic E-state index is 10.9. The number of rotatable bonds is 5. The van der Waals surface area contributed by atoms with E-state index in [2.05, 4.69) is 5.32 Å². The van der Waals surface area contributed by atoms with Crippen molar-refractivity contribution in [3.63, 3.8) is 0 Å². The number of halogens is 1. The van der Waals surface area contributed by atoms with Crippen LogP contribution in [-0.4, -0.2) is 17.5 Å². The zero-order valence-electron chi connectivity index (χ0n) is 9.23. The van der Waals surface area contributed by atoms with Crippen molar-refractivity contribution < 1.29 is 4.92 Å². The van der Waals surface area contributed by atoms with Crippen molar-refractivity contribution in [2.24, 2.45) is 11.7 Å². The van der Waals surface area contributed by atoms with E-state index >= 15 is 0 Å². The Labute approximate surface area is 104 Å². The lowest BCUT2D eigenvalue weighted by atomic mass is 10.1. The summed E-state index contributed by atoms with van der Waals surface area (Å²) in [6.45, 7) is 0.451. The summed E-state index contributed by atoms with van der Waals surface area (Å²) in [5, 5.41) is 14.4. The average Bonchev–Trinajstić information content (AvgIpc) is 3.11. The van der Waals surface area contributed by atoms with Gasteiger partial charge < -0.3 is 11.1 Å². The maximum Gasteiger partial charge on any atom is 0.293 e. The van der Waals surface area contributed by atoms with Crippen LogP contribution in [-0.2, 0) is 0 Å². The molecule has 1 fully saturated rings. The molecule has 6 heteroatoms. The first-order valence-electron chi connectivity index (χ1n) is 5.53. The van der Waals surface area contributed by atoms with Crippen molar-refractivity contribution in [3.8, 4) is 0 Å². The molecule has 0 bridgehead atoms. The number of anilines is 1. The van der Waals surface area contributed by atoms with E-state index in [1.165, 1.54) is 6.07 Å². The highest BCUT2D eigenvalue weighted by Gasteiger charge is 2.32. The summed E-state index contributed by atoms with van der Waals surface area (Å²) in [7, 11) is 0. The second kappa shape index (κ2) is 4.89. The first-order valence-corrected chi connectivity index (χ1v) is 5.90. The van der Waals surface area contributed by atoms with Crippen LogP contribution in [0.15, 0.2) is 18.2 Å². The zero-order valence-corrected chi connectivity index (χ0v) is 9.98. The van der Waals surface area contributed by atoms with Crippen LogP contribution in [0.2, 0.25) is 5.02 Å². The van der Waals surface area contributed by atoms with Gasteiger partial charge in [0, 0.05) is 18.7 Å². The number of nitrogens with two attached hydrogens (primary N) is 1. The minimum Gasteiger partial charge on any atom is -0.374 e. The van der Waals surface area contributed by atoms with Crippen molar-refractivity contribution in [1.82, 2.24) is 0 Å². The fourth-order valence-corrected chi connectivity index (χ4v) is 2.09. The molecular formula is C11H14ClN3O2. The van der Waals surface area contributed by atoms with Gasteiger partial charge in [-0.05, 0) is 24.8 Å². The number of nitro groups is 1. The van der Waals surface area contributed by atoms with Crippen LogP contribution in [0.1, 0.15) is 12.8 Å². The Morgan fingerprint density at radius 3 is 2.82 bits per heavy atom. The van der Waals surface area contributed by atoms with Gasteiger partial charge in [0.15, 0.2) is 0 Å².